The maximum absolute atomic E-state index is 12.4. The number of nitrogen functional groups attached to an aromatic ring is 1. The average Bonchev–Trinajstić information content (AvgIpc) is 2.27. The highest BCUT2D eigenvalue weighted by atomic mass is 35.5. The third-order valence-electron chi connectivity index (χ3n) is 2.38. The van der Waals surface area contributed by atoms with Crippen LogP contribution in [0.3, 0.4) is 0 Å². The van der Waals surface area contributed by atoms with Crippen molar-refractivity contribution >= 4 is 35.2 Å². The van der Waals surface area contributed by atoms with Crippen molar-refractivity contribution in [3.63, 3.8) is 0 Å². The summed E-state index contributed by atoms with van der Waals surface area (Å²) in [5.41, 5.74) is 4.64. The molecule has 0 aliphatic rings. The lowest BCUT2D eigenvalue weighted by Gasteiger charge is -2.29. The number of benzene rings is 1. The normalized spacial score (nSPS) is 11.8. The Balaban J connectivity index is 3.25. The van der Waals surface area contributed by atoms with E-state index >= 15 is 0 Å². The van der Waals surface area contributed by atoms with Gasteiger partial charge in [-0.05, 0) is 59.7 Å². The summed E-state index contributed by atoms with van der Waals surface area (Å²) < 4.78 is 10.5. The van der Waals surface area contributed by atoms with Crippen LogP contribution in [0.25, 0.3) is 0 Å². The van der Waals surface area contributed by atoms with Crippen LogP contribution in [0.4, 0.5) is 21.0 Å². The second kappa shape index (κ2) is 6.66. The Hall–Kier alpha value is -1.95. The Labute approximate surface area is 141 Å². The Morgan fingerprint density at radius 1 is 1.00 bits per heavy atom. The number of ether oxygens (including phenoxy) is 2. The first kappa shape index (κ1) is 19.1. The molecule has 1 aromatic carbocycles. The molecular weight excluding hydrogens is 320 g/mol. The summed E-state index contributed by atoms with van der Waals surface area (Å²) in [7, 11) is 0. The van der Waals surface area contributed by atoms with Crippen LogP contribution < -0.4 is 10.6 Å². The predicted octanol–water partition coefficient (Wildman–Crippen LogP) is 4.60. The lowest BCUT2D eigenvalue weighted by molar-refractivity contribution is 0.0431. The molecule has 2 amide bonds. The number of carbonyl (C=O) groups excluding carboxylic acids is 2. The van der Waals surface area contributed by atoms with E-state index in [2.05, 4.69) is 0 Å². The number of nitrogens with zero attached hydrogens (tertiary/aromatic N) is 1. The summed E-state index contributed by atoms with van der Waals surface area (Å²) in [6.45, 7) is 10.2. The molecule has 0 aromatic heterocycles. The van der Waals surface area contributed by atoms with Gasteiger partial charge >= 0.3 is 12.2 Å². The number of hydrogen-bond acceptors (Lipinski definition) is 5. The van der Waals surface area contributed by atoms with Gasteiger partial charge in [0.1, 0.15) is 11.2 Å². The van der Waals surface area contributed by atoms with E-state index in [1.807, 2.05) is 0 Å². The summed E-state index contributed by atoms with van der Waals surface area (Å²) in [5.74, 6) is 0. The van der Waals surface area contributed by atoms with Gasteiger partial charge in [-0.15, -0.1) is 0 Å². The van der Waals surface area contributed by atoms with E-state index in [0.29, 0.717) is 5.02 Å². The van der Waals surface area contributed by atoms with Gasteiger partial charge in [0.15, 0.2) is 0 Å². The molecule has 0 spiro atoms. The largest absolute Gasteiger partial charge is 0.443 e. The molecule has 0 radical (unpaired) electrons. The van der Waals surface area contributed by atoms with Gasteiger partial charge in [0.25, 0.3) is 0 Å². The second-order valence-electron chi connectivity index (χ2n) is 7.00. The van der Waals surface area contributed by atoms with E-state index in [1.54, 1.807) is 41.5 Å². The monoisotopic (exact) mass is 342 g/mol. The molecule has 0 saturated heterocycles. The molecule has 1 aromatic rings. The maximum Gasteiger partial charge on any atom is 0.424 e. The zero-order valence-electron chi connectivity index (χ0n) is 14.3. The highest BCUT2D eigenvalue weighted by Crippen LogP contribution is 2.29. The minimum atomic E-state index is -0.874. The first-order chi connectivity index (χ1) is 10.3. The van der Waals surface area contributed by atoms with E-state index in [4.69, 9.17) is 26.8 Å². The first-order valence-electron chi connectivity index (χ1n) is 7.11. The molecule has 0 unspecified atom stereocenters. The maximum atomic E-state index is 12.4. The summed E-state index contributed by atoms with van der Waals surface area (Å²) in [6, 6.07) is 4.43. The van der Waals surface area contributed by atoms with E-state index in [-0.39, 0.29) is 11.4 Å². The number of anilines is 2. The van der Waals surface area contributed by atoms with Crippen LogP contribution >= 0.6 is 11.6 Å². The zero-order valence-corrected chi connectivity index (χ0v) is 15.0. The zero-order chi connectivity index (χ0) is 18.0. The number of imide groups is 1. The molecule has 6 nitrogen and oxygen atoms in total. The lowest BCUT2D eigenvalue weighted by Crippen LogP contribution is -2.44. The molecule has 0 aliphatic heterocycles. The molecule has 0 bridgehead atoms. The van der Waals surface area contributed by atoms with Gasteiger partial charge < -0.3 is 15.2 Å². The summed E-state index contributed by atoms with van der Waals surface area (Å²) >= 11 is 5.86. The highest BCUT2D eigenvalue weighted by molar-refractivity contribution is 6.31. The molecule has 7 heteroatoms. The summed E-state index contributed by atoms with van der Waals surface area (Å²) in [5, 5.41) is 0.388. The molecule has 0 atom stereocenters. The van der Waals surface area contributed by atoms with Crippen molar-refractivity contribution in [3.05, 3.63) is 23.2 Å². The van der Waals surface area contributed by atoms with E-state index < -0.39 is 23.4 Å². The number of amides is 2. The number of nitrogens with two attached hydrogens (primary N) is 1. The van der Waals surface area contributed by atoms with Crippen molar-refractivity contribution in [2.45, 2.75) is 52.7 Å². The van der Waals surface area contributed by atoms with Crippen molar-refractivity contribution in [3.8, 4) is 0 Å². The molecule has 1 rings (SSSR count). The Morgan fingerprint density at radius 2 is 1.43 bits per heavy atom. The molecule has 0 aliphatic carbocycles. The van der Waals surface area contributed by atoms with Gasteiger partial charge in [-0.3, -0.25) is 0 Å². The predicted molar refractivity (Wildman–Crippen MR) is 90.8 cm³/mol. The summed E-state index contributed by atoms with van der Waals surface area (Å²) in [6.07, 6.45) is -1.75. The van der Waals surface area contributed by atoms with Crippen molar-refractivity contribution in [1.29, 1.82) is 0 Å². The van der Waals surface area contributed by atoms with Crippen LogP contribution in [0.1, 0.15) is 41.5 Å². The van der Waals surface area contributed by atoms with Crippen LogP contribution in [0, 0.1) is 0 Å². The van der Waals surface area contributed by atoms with Gasteiger partial charge in [0.2, 0.25) is 0 Å². The molecule has 128 valence electrons. The van der Waals surface area contributed by atoms with Crippen molar-refractivity contribution in [2.75, 3.05) is 10.6 Å². The van der Waals surface area contributed by atoms with Crippen LogP contribution in [0.2, 0.25) is 5.02 Å². The Kier molecular flexibility index (Phi) is 5.53. The van der Waals surface area contributed by atoms with Gasteiger partial charge in [-0.25, -0.2) is 9.59 Å². The van der Waals surface area contributed by atoms with E-state index in [1.165, 1.54) is 18.2 Å². The van der Waals surface area contributed by atoms with Crippen LogP contribution in [0.15, 0.2) is 18.2 Å². The highest BCUT2D eigenvalue weighted by Gasteiger charge is 2.33. The third-order valence-corrected chi connectivity index (χ3v) is 2.62. The quantitative estimate of drug-likeness (QED) is 0.754. The average molecular weight is 343 g/mol. The minimum absolute atomic E-state index is 0.151. The SMILES string of the molecule is CC(C)(C)OC(=O)N(C(=O)OC(C)(C)C)c1ccc(Cl)cc1N. The van der Waals surface area contributed by atoms with Gasteiger partial charge in [-0.2, -0.15) is 4.90 Å². The van der Waals surface area contributed by atoms with Crippen molar-refractivity contribution in [2.24, 2.45) is 0 Å². The smallest absolute Gasteiger partial charge is 0.424 e. The summed E-state index contributed by atoms with van der Waals surface area (Å²) in [4.78, 5) is 25.6. The Bertz CT molecular complexity index is 575. The molecule has 0 heterocycles. The number of rotatable bonds is 1. The second-order valence-corrected chi connectivity index (χ2v) is 7.44. The number of halogens is 1. The standard InChI is InChI=1S/C16H23ClN2O4/c1-15(2,3)22-13(20)19(14(21)23-16(4,5)6)12-8-7-10(17)9-11(12)18/h7-9H,18H2,1-6H3. The van der Waals surface area contributed by atoms with Crippen LogP contribution in [0.5, 0.6) is 0 Å². The van der Waals surface area contributed by atoms with Crippen LogP contribution in [-0.2, 0) is 9.47 Å². The molecule has 0 saturated carbocycles. The molecule has 23 heavy (non-hydrogen) atoms. The fraction of sp³-hybridized carbons (Fsp3) is 0.500. The number of carbonyl (C=O) groups is 2. The minimum Gasteiger partial charge on any atom is -0.443 e. The van der Waals surface area contributed by atoms with Crippen molar-refractivity contribution < 1.29 is 19.1 Å². The Morgan fingerprint density at radius 3 is 1.78 bits per heavy atom. The molecule has 2 N–H and O–H groups in total. The van der Waals surface area contributed by atoms with Crippen LogP contribution in [-0.4, -0.2) is 23.4 Å². The van der Waals surface area contributed by atoms with Crippen molar-refractivity contribution in [1.82, 2.24) is 0 Å². The third kappa shape index (κ3) is 5.98. The fourth-order valence-electron chi connectivity index (χ4n) is 1.62. The lowest BCUT2D eigenvalue weighted by atomic mass is 10.2. The van der Waals surface area contributed by atoms with Gasteiger partial charge in [-0.1, -0.05) is 11.6 Å². The number of hydrogen-bond donors (Lipinski definition) is 1. The molecule has 0 fully saturated rings. The topological polar surface area (TPSA) is 81.9 Å². The van der Waals surface area contributed by atoms with Gasteiger partial charge in [0.05, 0.1) is 11.4 Å². The fourth-order valence-corrected chi connectivity index (χ4v) is 1.80. The van der Waals surface area contributed by atoms with Gasteiger partial charge in [0, 0.05) is 5.02 Å². The molecular formula is C16H23ClN2O4. The van der Waals surface area contributed by atoms with E-state index in [9.17, 15) is 9.59 Å². The first-order valence-corrected chi connectivity index (χ1v) is 7.49. The van der Waals surface area contributed by atoms with E-state index in [0.717, 1.165) is 4.90 Å².